The number of aliphatic hydroxyl groups is 4. The molecule has 0 aromatic heterocycles. The normalized spacial score (nSPS) is 17.3. The van der Waals surface area contributed by atoms with Crippen molar-refractivity contribution in [1.82, 2.24) is 0 Å². The van der Waals surface area contributed by atoms with Gasteiger partial charge in [-0.3, -0.25) is 0 Å². The first-order valence-corrected chi connectivity index (χ1v) is 3.32. The standard InChI is InChI=1S/C6H10O7.FH.Na/c7-1-2(8)3(9)4(10)5(11)6(12)13;;/h1-5,8-11H,(H,12,13);1H;/q;;+1/p-1. The summed E-state index contributed by atoms with van der Waals surface area (Å²) in [6.45, 7) is 0. The molecule has 0 bridgehead atoms. The molecule has 5 N–H and O–H groups in total. The maximum Gasteiger partial charge on any atom is 1.00 e. The van der Waals surface area contributed by atoms with Gasteiger partial charge in [-0.1, -0.05) is 0 Å². The van der Waals surface area contributed by atoms with Crippen molar-refractivity contribution < 1.29 is 69.4 Å². The zero-order chi connectivity index (χ0) is 10.6. The Hall–Kier alpha value is -0.0900. The van der Waals surface area contributed by atoms with Gasteiger partial charge in [0.2, 0.25) is 0 Å². The van der Waals surface area contributed by atoms with Gasteiger partial charge < -0.3 is 35.0 Å². The number of carbonyl (C=O) groups excluding carboxylic acids is 1. The molecule has 0 amide bonds. The second-order valence-electron chi connectivity index (χ2n) is 2.39. The van der Waals surface area contributed by atoms with Crippen LogP contribution in [0.2, 0.25) is 0 Å². The number of hydrogen-bond acceptors (Lipinski definition) is 6. The van der Waals surface area contributed by atoms with Gasteiger partial charge in [0, 0.05) is 0 Å². The third-order valence-electron chi connectivity index (χ3n) is 1.42. The Labute approximate surface area is 106 Å². The third kappa shape index (κ3) is 6.15. The van der Waals surface area contributed by atoms with Gasteiger partial charge in [-0.25, -0.2) is 4.79 Å². The van der Waals surface area contributed by atoms with Gasteiger partial charge in [-0.15, -0.1) is 0 Å². The van der Waals surface area contributed by atoms with E-state index < -0.39 is 30.4 Å². The Morgan fingerprint density at radius 3 is 1.73 bits per heavy atom. The molecule has 4 unspecified atom stereocenters. The number of carboxylic acids is 1. The molecule has 0 heterocycles. The van der Waals surface area contributed by atoms with Gasteiger partial charge in [-0.05, 0) is 0 Å². The largest absolute Gasteiger partial charge is 1.00 e. The molecule has 0 radical (unpaired) electrons. The summed E-state index contributed by atoms with van der Waals surface area (Å²) in [5.41, 5.74) is 0. The fourth-order valence-electron chi connectivity index (χ4n) is 0.615. The molecule has 0 aliphatic rings. The Bertz CT molecular complexity index is 202. The summed E-state index contributed by atoms with van der Waals surface area (Å²) >= 11 is 0. The van der Waals surface area contributed by atoms with E-state index in [1.807, 2.05) is 0 Å². The van der Waals surface area contributed by atoms with Crippen LogP contribution in [0.3, 0.4) is 0 Å². The van der Waals surface area contributed by atoms with Crippen LogP contribution in [0.25, 0.3) is 0 Å². The number of aliphatic hydroxyl groups excluding tert-OH is 4. The van der Waals surface area contributed by atoms with Crippen molar-refractivity contribution in [3.8, 4) is 0 Å². The van der Waals surface area contributed by atoms with E-state index in [9.17, 15) is 9.59 Å². The summed E-state index contributed by atoms with van der Waals surface area (Å²) in [5, 5.41) is 43.2. The van der Waals surface area contributed by atoms with Crippen molar-refractivity contribution in [2.45, 2.75) is 24.4 Å². The zero-order valence-electron chi connectivity index (χ0n) is 7.82. The number of carboxylic acid groups (broad SMARTS) is 1. The maximum absolute atomic E-state index is 10.1. The Morgan fingerprint density at radius 1 is 1.07 bits per heavy atom. The van der Waals surface area contributed by atoms with Crippen molar-refractivity contribution in [2.75, 3.05) is 0 Å². The van der Waals surface area contributed by atoms with Crippen molar-refractivity contribution in [3.05, 3.63) is 0 Å². The van der Waals surface area contributed by atoms with Gasteiger partial charge in [0.05, 0.1) is 0 Å². The summed E-state index contributed by atoms with van der Waals surface area (Å²) in [7, 11) is 0. The molecule has 0 saturated heterocycles. The van der Waals surface area contributed by atoms with Crippen molar-refractivity contribution in [1.29, 1.82) is 0 Å². The van der Waals surface area contributed by atoms with E-state index in [0.29, 0.717) is 0 Å². The SMILES string of the molecule is O=CC(O)C(O)C(O)C(O)C(=O)O.[F-].[Na+]. The quantitative estimate of drug-likeness (QED) is 0.236. The van der Waals surface area contributed by atoms with Gasteiger partial charge >= 0.3 is 35.5 Å². The van der Waals surface area contributed by atoms with Crippen LogP contribution >= 0.6 is 0 Å². The fraction of sp³-hybridized carbons (Fsp3) is 0.667. The number of aldehydes is 1. The Morgan fingerprint density at radius 2 is 1.47 bits per heavy atom. The van der Waals surface area contributed by atoms with E-state index >= 15 is 0 Å². The van der Waals surface area contributed by atoms with Crippen LogP contribution in [0.1, 0.15) is 0 Å². The fourth-order valence-corrected chi connectivity index (χ4v) is 0.615. The van der Waals surface area contributed by atoms with Crippen LogP contribution in [0, 0.1) is 0 Å². The summed E-state index contributed by atoms with van der Waals surface area (Å²) in [4.78, 5) is 20.0. The van der Waals surface area contributed by atoms with E-state index in [1.165, 1.54) is 0 Å². The van der Waals surface area contributed by atoms with Crippen molar-refractivity contribution in [3.63, 3.8) is 0 Å². The molecular formula is C6H10FNaO7. The first-order chi connectivity index (χ1) is 5.91. The first-order valence-electron chi connectivity index (χ1n) is 3.32. The van der Waals surface area contributed by atoms with Gasteiger partial charge in [0.15, 0.2) is 12.4 Å². The molecule has 7 nitrogen and oxygen atoms in total. The van der Waals surface area contributed by atoms with Crippen LogP contribution in [0.5, 0.6) is 0 Å². The first kappa shape index (κ1) is 20.3. The van der Waals surface area contributed by atoms with Crippen LogP contribution < -0.4 is 34.3 Å². The van der Waals surface area contributed by atoms with E-state index in [2.05, 4.69) is 0 Å². The van der Waals surface area contributed by atoms with Crippen LogP contribution in [-0.4, -0.2) is 62.2 Å². The van der Waals surface area contributed by atoms with Gasteiger partial charge in [-0.2, -0.15) is 0 Å². The van der Waals surface area contributed by atoms with E-state index in [-0.39, 0.29) is 40.5 Å². The van der Waals surface area contributed by atoms with Crippen LogP contribution in [0.4, 0.5) is 0 Å². The van der Waals surface area contributed by atoms with Crippen molar-refractivity contribution in [2.24, 2.45) is 0 Å². The monoisotopic (exact) mass is 236 g/mol. The average Bonchev–Trinajstić information content (AvgIpc) is 2.12. The molecule has 4 atom stereocenters. The van der Waals surface area contributed by atoms with Crippen molar-refractivity contribution >= 4 is 12.3 Å². The Balaban J connectivity index is -0.000000720. The number of rotatable bonds is 5. The molecule has 9 heteroatoms. The second-order valence-corrected chi connectivity index (χ2v) is 2.39. The second kappa shape index (κ2) is 9.16. The minimum absolute atomic E-state index is 0. The van der Waals surface area contributed by atoms with Gasteiger partial charge in [0.25, 0.3) is 0 Å². The molecular weight excluding hydrogens is 226 g/mol. The van der Waals surface area contributed by atoms with Gasteiger partial charge in [0.1, 0.15) is 18.3 Å². The van der Waals surface area contributed by atoms with Crippen LogP contribution in [-0.2, 0) is 9.59 Å². The molecule has 0 aromatic carbocycles. The summed E-state index contributed by atoms with van der Waals surface area (Å²) < 4.78 is 0. The minimum Gasteiger partial charge on any atom is -1.00 e. The molecule has 15 heavy (non-hydrogen) atoms. The molecule has 0 fully saturated rings. The molecule has 0 spiro atoms. The minimum atomic E-state index is -2.25. The molecule has 0 aliphatic carbocycles. The molecule has 0 rings (SSSR count). The van der Waals surface area contributed by atoms with E-state index in [0.717, 1.165) is 0 Å². The topological polar surface area (TPSA) is 135 Å². The molecule has 0 aliphatic heterocycles. The van der Waals surface area contributed by atoms with E-state index in [1.54, 1.807) is 0 Å². The predicted octanol–water partition coefficient (Wildman–Crippen LogP) is -9.28. The number of halogens is 1. The molecule has 0 aromatic rings. The summed E-state index contributed by atoms with van der Waals surface area (Å²) in [6.07, 6.45) is -8.39. The summed E-state index contributed by atoms with van der Waals surface area (Å²) in [6, 6.07) is 0. The number of carbonyl (C=O) groups is 2. The smallest absolute Gasteiger partial charge is 1.00 e. The zero-order valence-corrected chi connectivity index (χ0v) is 9.82. The molecule has 84 valence electrons. The maximum atomic E-state index is 10.1. The van der Waals surface area contributed by atoms with Crippen LogP contribution in [0.15, 0.2) is 0 Å². The Kier molecular flexibility index (Phi) is 12.4. The predicted molar refractivity (Wildman–Crippen MR) is 37.7 cm³/mol. The number of hydrogen-bond donors (Lipinski definition) is 5. The van der Waals surface area contributed by atoms with E-state index in [4.69, 9.17) is 25.5 Å². The molecule has 0 saturated carbocycles. The number of aliphatic carboxylic acids is 1. The third-order valence-corrected chi connectivity index (χ3v) is 1.42. The summed E-state index contributed by atoms with van der Waals surface area (Å²) in [5.74, 6) is -1.76. The average molecular weight is 236 g/mol.